The third-order valence-electron chi connectivity index (χ3n) is 4.49. The van der Waals surface area contributed by atoms with Crippen molar-refractivity contribution in [2.75, 3.05) is 0 Å². The summed E-state index contributed by atoms with van der Waals surface area (Å²) in [6, 6.07) is 4.51. The molecule has 27 heavy (non-hydrogen) atoms. The number of aromatic hydroxyl groups is 1. The molecule has 0 radical (unpaired) electrons. The van der Waals surface area contributed by atoms with Crippen LogP contribution in [0.1, 0.15) is 34.5 Å². The summed E-state index contributed by atoms with van der Waals surface area (Å²) in [5, 5.41) is 19.2. The SMILES string of the molecule is Cc1c([C@H](C)C(=O)O)c2cc(O)c(F)cc2n1C(=O)c1ccc(F)c(F)c1. The Balaban J connectivity index is 2.33. The monoisotopic (exact) mass is 377 g/mol. The Morgan fingerprint density at radius 2 is 1.70 bits per heavy atom. The van der Waals surface area contributed by atoms with E-state index in [0.717, 1.165) is 28.8 Å². The van der Waals surface area contributed by atoms with Gasteiger partial charge in [0.05, 0.1) is 11.4 Å². The molecule has 0 fully saturated rings. The Morgan fingerprint density at radius 1 is 1.04 bits per heavy atom. The molecule has 140 valence electrons. The fraction of sp³-hybridized carbons (Fsp3) is 0.158. The lowest BCUT2D eigenvalue weighted by atomic mass is 9.98. The second kappa shape index (κ2) is 6.46. The summed E-state index contributed by atoms with van der Waals surface area (Å²) >= 11 is 0. The topological polar surface area (TPSA) is 79.5 Å². The zero-order valence-corrected chi connectivity index (χ0v) is 14.3. The first kappa shape index (κ1) is 18.5. The maximum absolute atomic E-state index is 13.9. The molecule has 1 aromatic heterocycles. The molecule has 0 saturated carbocycles. The largest absolute Gasteiger partial charge is 0.505 e. The highest BCUT2D eigenvalue weighted by Gasteiger charge is 2.27. The number of carboxylic acids is 1. The van der Waals surface area contributed by atoms with Crippen LogP contribution in [0.2, 0.25) is 0 Å². The molecule has 0 spiro atoms. The highest BCUT2D eigenvalue weighted by atomic mass is 19.2. The quantitative estimate of drug-likeness (QED) is 0.724. The van der Waals surface area contributed by atoms with E-state index in [1.54, 1.807) is 0 Å². The van der Waals surface area contributed by atoms with Gasteiger partial charge in [0.25, 0.3) is 5.91 Å². The smallest absolute Gasteiger partial charge is 0.310 e. The van der Waals surface area contributed by atoms with Crippen molar-refractivity contribution in [2.24, 2.45) is 0 Å². The van der Waals surface area contributed by atoms with E-state index in [2.05, 4.69) is 0 Å². The summed E-state index contributed by atoms with van der Waals surface area (Å²) < 4.78 is 41.6. The minimum absolute atomic E-state index is 0.0145. The van der Waals surface area contributed by atoms with E-state index in [-0.39, 0.29) is 27.7 Å². The van der Waals surface area contributed by atoms with Gasteiger partial charge in [-0.1, -0.05) is 0 Å². The van der Waals surface area contributed by atoms with E-state index >= 15 is 0 Å². The number of carboxylic acid groups (broad SMARTS) is 1. The summed E-state index contributed by atoms with van der Waals surface area (Å²) in [6.07, 6.45) is 0. The van der Waals surface area contributed by atoms with Gasteiger partial charge in [-0.15, -0.1) is 0 Å². The van der Waals surface area contributed by atoms with Crippen LogP contribution in [0.15, 0.2) is 30.3 Å². The number of aromatic nitrogens is 1. The zero-order chi connectivity index (χ0) is 20.0. The van der Waals surface area contributed by atoms with Crippen LogP contribution in [0, 0.1) is 24.4 Å². The van der Waals surface area contributed by atoms with Gasteiger partial charge in [0.2, 0.25) is 0 Å². The molecule has 0 bridgehead atoms. The standard InChI is InChI=1S/C19H14F3NO4/c1-8(19(26)27)17-9(2)23(15-7-14(22)16(24)6-11(15)17)18(25)10-3-4-12(20)13(21)5-10/h3-8,24H,1-2H3,(H,26,27)/t8-/m0/s1. The van der Waals surface area contributed by atoms with E-state index < -0.39 is 41.0 Å². The summed E-state index contributed by atoms with van der Waals surface area (Å²) in [7, 11) is 0. The average molecular weight is 377 g/mol. The van der Waals surface area contributed by atoms with Crippen LogP contribution in [0.3, 0.4) is 0 Å². The molecule has 3 aromatic rings. The van der Waals surface area contributed by atoms with Crippen LogP contribution in [-0.2, 0) is 4.79 Å². The highest BCUT2D eigenvalue weighted by molar-refractivity contribution is 6.05. The number of hydrogen-bond acceptors (Lipinski definition) is 3. The van der Waals surface area contributed by atoms with Crippen LogP contribution < -0.4 is 0 Å². The molecule has 8 heteroatoms. The molecular weight excluding hydrogens is 363 g/mol. The number of phenolic OH excluding ortho intramolecular Hbond substituents is 1. The number of phenols is 1. The Labute approximate surface area is 151 Å². The first-order valence-electron chi connectivity index (χ1n) is 7.89. The van der Waals surface area contributed by atoms with Gasteiger partial charge in [0.15, 0.2) is 23.2 Å². The molecule has 1 heterocycles. The number of nitrogens with zero attached hydrogens (tertiary/aromatic N) is 1. The highest BCUT2D eigenvalue weighted by Crippen LogP contribution is 2.36. The number of halogens is 3. The average Bonchev–Trinajstić information content (AvgIpc) is 2.87. The Hall–Kier alpha value is -3.29. The van der Waals surface area contributed by atoms with Gasteiger partial charge in [0.1, 0.15) is 0 Å². The van der Waals surface area contributed by atoms with Crippen molar-refractivity contribution < 1.29 is 33.0 Å². The molecule has 1 atom stereocenters. The van der Waals surface area contributed by atoms with Crippen LogP contribution in [0.5, 0.6) is 5.75 Å². The van der Waals surface area contributed by atoms with Gasteiger partial charge in [-0.05, 0) is 43.7 Å². The van der Waals surface area contributed by atoms with E-state index in [1.807, 2.05) is 0 Å². The molecule has 5 nitrogen and oxygen atoms in total. The van der Waals surface area contributed by atoms with E-state index in [4.69, 9.17) is 0 Å². The number of rotatable bonds is 3. The second-order valence-electron chi connectivity index (χ2n) is 6.15. The van der Waals surface area contributed by atoms with Gasteiger partial charge in [-0.3, -0.25) is 14.2 Å². The summed E-state index contributed by atoms with van der Waals surface area (Å²) in [4.78, 5) is 24.3. The first-order valence-corrected chi connectivity index (χ1v) is 7.89. The lowest BCUT2D eigenvalue weighted by Gasteiger charge is -2.09. The first-order chi connectivity index (χ1) is 12.6. The molecule has 0 saturated heterocycles. The van der Waals surface area contributed by atoms with E-state index in [0.29, 0.717) is 6.07 Å². The number of carbonyl (C=O) groups is 2. The maximum Gasteiger partial charge on any atom is 0.310 e. The van der Waals surface area contributed by atoms with Crippen LogP contribution >= 0.6 is 0 Å². The number of fused-ring (bicyclic) bond motifs is 1. The molecule has 0 amide bonds. The van der Waals surface area contributed by atoms with Gasteiger partial charge in [-0.25, -0.2) is 13.2 Å². The van der Waals surface area contributed by atoms with Crippen molar-refractivity contribution in [3.05, 3.63) is 64.6 Å². The van der Waals surface area contributed by atoms with Crippen molar-refractivity contribution in [1.29, 1.82) is 0 Å². The predicted octanol–water partition coefficient (Wildman–Crippen LogP) is 3.95. The van der Waals surface area contributed by atoms with Crippen molar-refractivity contribution in [3.63, 3.8) is 0 Å². The Kier molecular flexibility index (Phi) is 4.43. The van der Waals surface area contributed by atoms with E-state index in [9.17, 15) is 33.0 Å². The summed E-state index contributed by atoms with van der Waals surface area (Å²) in [5.74, 6) is -7.08. The number of aliphatic carboxylic acids is 1. The number of hydrogen-bond donors (Lipinski definition) is 2. The van der Waals surface area contributed by atoms with Gasteiger partial charge >= 0.3 is 5.97 Å². The molecule has 0 aliphatic carbocycles. The van der Waals surface area contributed by atoms with Crippen LogP contribution in [-0.4, -0.2) is 26.7 Å². The lowest BCUT2D eigenvalue weighted by molar-refractivity contribution is -0.138. The molecule has 3 rings (SSSR count). The normalized spacial score (nSPS) is 12.3. The van der Waals surface area contributed by atoms with Gasteiger partial charge < -0.3 is 10.2 Å². The number of carbonyl (C=O) groups excluding carboxylic acids is 1. The van der Waals surface area contributed by atoms with Crippen molar-refractivity contribution in [3.8, 4) is 5.75 Å². The molecule has 2 aromatic carbocycles. The second-order valence-corrected chi connectivity index (χ2v) is 6.15. The zero-order valence-electron chi connectivity index (χ0n) is 14.3. The van der Waals surface area contributed by atoms with Gasteiger partial charge in [0, 0.05) is 22.7 Å². The minimum Gasteiger partial charge on any atom is -0.505 e. The molecular formula is C19H14F3NO4. The third kappa shape index (κ3) is 2.92. The molecule has 0 aliphatic rings. The minimum atomic E-state index is -1.22. The fourth-order valence-electron chi connectivity index (χ4n) is 3.14. The van der Waals surface area contributed by atoms with E-state index in [1.165, 1.54) is 13.8 Å². The fourth-order valence-corrected chi connectivity index (χ4v) is 3.14. The van der Waals surface area contributed by atoms with Crippen molar-refractivity contribution in [2.45, 2.75) is 19.8 Å². The van der Waals surface area contributed by atoms with Crippen molar-refractivity contribution >= 4 is 22.8 Å². The summed E-state index contributed by atoms with van der Waals surface area (Å²) in [5.41, 5.74) is 0.223. The van der Waals surface area contributed by atoms with Gasteiger partial charge in [-0.2, -0.15) is 0 Å². The van der Waals surface area contributed by atoms with Crippen LogP contribution in [0.4, 0.5) is 13.2 Å². The Morgan fingerprint density at radius 3 is 2.30 bits per heavy atom. The van der Waals surface area contributed by atoms with Crippen molar-refractivity contribution in [1.82, 2.24) is 4.57 Å². The predicted molar refractivity (Wildman–Crippen MR) is 90.4 cm³/mol. The molecule has 0 unspecified atom stereocenters. The number of benzene rings is 2. The molecule has 0 aliphatic heterocycles. The molecule has 2 N–H and O–H groups in total. The Bertz CT molecular complexity index is 1100. The van der Waals surface area contributed by atoms with Crippen LogP contribution in [0.25, 0.3) is 10.9 Å². The lowest BCUT2D eigenvalue weighted by Crippen LogP contribution is -2.15. The third-order valence-corrected chi connectivity index (χ3v) is 4.49. The maximum atomic E-state index is 13.9. The summed E-state index contributed by atoms with van der Waals surface area (Å²) in [6.45, 7) is 2.85.